The number of ether oxygens (including phenoxy) is 2. The van der Waals surface area contributed by atoms with Crippen molar-refractivity contribution in [1.29, 1.82) is 0 Å². The molecule has 39 heavy (non-hydrogen) atoms. The van der Waals surface area contributed by atoms with Crippen LogP contribution in [-0.2, 0) is 10.3 Å². The summed E-state index contributed by atoms with van der Waals surface area (Å²) in [5.41, 5.74) is 5.99. The molecule has 7 rings (SSSR count). The van der Waals surface area contributed by atoms with Gasteiger partial charge in [-0.1, -0.05) is 54.6 Å². The van der Waals surface area contributed by atoms with Crippen LogP contribution in [0.15, 0.2) is 121 Å². The number of para-hydroxylation sites is 2. The van der Waals surface area contributed by atoms with Crippen molar-refractivity contribution in [2.24, 2.45) is 0 Å². The van der Waals surface area contributed by atoms with Gasteiger partial charge in [-0.05, 0) is 54.6 Å². The SMILES string of the molecule is CN(c1ccccc1)c1ccc2c(c1)Oc1cc(N(C)c3ccccc3)ccc1C21OC(=O)c2ccccc21. The van der Waals surface area contributed by atoms with Gasteiger partial charge in [0, 0.05) is 65.7 Å². The van der Waals surface area contributed by atoms with E-state index in [9.17, 15) is 4.79 Å². The molecule has 5 heteroatoms. The van der Waals surface area contributed by atoms with Crippen LogP contribution in [0.1, 0.15) is 27.0 Å². The van der Waals surface area contributed by atoms with Crippen molar-refractivity contribution >= 4 is 28.7 Å². The molecule has 0 saturated carbocycles. The number of carbonyl (C=O) groups excluding carboxylic acids is 1. The summed E-state index contributed by atoms with van der Waals surface area (Å²) in [4.78, 5) is 17.4. The average molecular weight is 511 g/mol. The van der Waals surface area contributed by atoms with E-state index in [1.54, 1.807) is 0 Å². The molecule has 0 atom stereocenters. The maximum atomic E-state index is 13.2. The van der Waals surface area contributed by atoms with Gasteiger partial charge in [-0.25, -0.2) is 4.79 Å². The van der Waals surface area contributed by atoms with Crippen LogP contribution < -0.4 is 14.5 Å². The van der Waals surface area contributed by atoms with Crippen molar-refractivity contribution in [3.63, 3.8) is 0 Å². The average Bonchev–Trinajstić information content (AvgIpc) is 3.29. The summed E-state index contributed by atoms with van der Waals surface area (Å²) in [7, 11) is 4.06. The van der Waals surface area contributed by atoms with Gasteiger partial charge in [0.2, 0.25) is 0 Å². The normalized spacial score (nSPS) is 14.1. The number of esters is 1. The predicted octanol–water partition coefficient (Wildman–Crippen LogP) is 7.79. The smallest absolute Gasteiger partial charge is 0.340 e. The molecule has 5 nitrogen and oxygen atoms in total. The zero-order valence-corrected chi connectivity index (χ0v) is 21.7. The van der Waals surface area contributed by atoms with Gasteiger partial charge in [-0.15, -0.1) is 0 Å². The molecule has 0 aliphatic carbocycles. The van der Waals surface area contributed by atoms with Crippen molar-refractivity contribution in [1.82, 2.24) is 0 Å². The summed E-state index contributed by atoms with van der Waals surface area (Å²) in [5, 5.41) is 0. The lowest BCUT2D eigenvalue weighted by Crippen LogP contribution is -2.33. The third-order valence-electron chi connectivity index (χ3n) is 7.74. The van der Waals surface area contributed by atoms with E-state index in [4.69, 9.17) is 9.47 Å². The Labute approximate surface area is 227 Å². The summed E-state index contributed by atoms with van der Waals surface area (Å²) in [6.45, 7) is 0. The minimum Gasteiger partial charge on any atom is -0.456 e. The van der Waals surface area contributed by atoms with E-state index in [2.05, 4.69) is 34.1 Å². The highest BCUT2D eigenvalue weighted by molar-refractivity contribution is 5.97. The molecule has 1 spiro atoms. The lowest BCUT2D eigenvalue weighted by Gasteiger charge is -2.37. The Kier molecular flexibility index (Phi) is 5.20. The van der Waals surface area contributed by atoms with Gasteiger partial charge < -0.3 is 19.3 Å². The molecule has 0 bridgehead atoms. The van der Waals surface area contributed by atoms with Crippen LogP contribution in [0.5, 0.6) is 11.5 Å². The zero-order chi connectivity index (χ0) is 26.6. The van der Waals surface area contributed by atoms with Crippen molar-refractivity contribution in [2.45, 2.75) is 5.60 Å². The highest BCUT2D eigenvalue weighted by atomic mass is 16.6. The minimum atomic E-state index is -1.09. The molecule has 0 N–H and O–H groups in total. The molecule has 0 amide bonds. The Morgan fingerprint density at radius 2 is 1.03 bits per heavy atom. The van der Waals surface area contributed by atoms with Gasteiger partial charge in [-0.2, -0.15) is 0 Å². The molecule has 0 saturated heterocycles. The van der Waals surface area contributed by atoms with E-state index in [1.165, 1.54) is 0 Å². The molecule has 0 fully saturated rings. The quantitative estimate of drug-likeness (QED) is 0.231. The molecular formula is C34H26N2O3. The van der Waals surface area contributed by atoms with Gasteiger partial charge in [0.15, 0.2) is 5.60 Å². The van der Waals surface area contributed by atoms with Crippen LogP contribution in [0.25, 0.3) is 0 Å². The molecule has 5 aromatic carbocycles. The largest absolute Gasteiger partial charge is 0.456 e. The van der Waals surface area contributed by atoms with Crippen molar-refractivity contribution in [3.8, 4) is 11.5 Å². The summed E-state index contributed by atoms with van der Waals surface area (Å²) >= 11 is 0. The Morgan fingerprint density at radius 3 is 1.56 bits per heavy atom. The lowest BCUT2D eigenvalue weighted by atomic mass is 9.77. The molecule has 0 aromatic heterocycles. The standard InChI is InChI=1S/C34H26N2O3/c1-35(23-11-5-3-6-12-23)25-17-19-29-31(21-25)38-32-22-26(36(2)24-13-7-4-8-14-24)18-20-30(32)34(29)28-16-10-9-15-27(28)33(37)39-34/h3-22H,1-2H3. The van der Waals surface area contributed by atoms with Crippen LogP contribution in [0.2, 0.25) is 0 Å². The molecular weight excluding hydrogens is 484 g/mol. The third-order valence-corrected chi connectivity index (χ3v) is 7.74. The summed E-state index contributed by atoms with van der Waals surface area (Å²) < 4.78 is 13.0. The number of anilines is 4. The number of hydrogen-bond acceptors (Lipinski definition) is 5. The van der Waals surface area contributed by atoms with E-state index < -0.39 is 5.60 Å². The monoisotopic (exact) mass is 510 g/mol. The van der Waals surface area contributed by atoms with Gasteiger partial charge in [0.05, 0.1) is 5.56 Å². The van der Waals surface area contributed by atoms with Crippen molar-refractivity contribution in [2.75, 3.05) is 23.9 Å². The predicted molar refractivity (Wildman–Crippen MR) is 154 cm³/mol. The second-order valence-electron chi connectivity index (χ2n) is 9.87. The van der Waals surface area contributed by atoms with Crippen LogP contribution >= 0.6 is 0 Å². The first-order valence-corrected chi connectivity index (χ1v) is 12.9. The van der Waals surface area contributed by atoms with E-state index >= 15 is 0 Å². The molecule has 5 aromatic rings. The topological polar surface area (TPSA) is 42.0 Å². The second-order valence-corrected chi connectivity index (χ2v) is 9.87. The second kappa shape index (κ2) is 8.77. The number of benzene rings is 5. The fourth-order valence-corrected chi connectivity index (χ4v) is 5.67. The molecule has 0 radical (unpaired) electrons. The maximum absolute atomic E-state index is 13.2. The lowest BCUT2D eigenvalue weighted by molar-refractivity contribution is 0.0224. The van der Waals surface area contributed by atoms with Gasteiger partial charge in [0.1, 0.15) is 11.5 Å². The molecule has 0 unspecified atom stereocenters. The third kappa shape index (κ3) is 3.51. The van der Waals surface area contributed by atoms with E-state index in [1.807, 2.05) is 111 Å². The van der Waals surface area contributed by atoms with Crippen LogP contribution in [0.3, 0.4) is 0 Å². The van der Waals surface area contributed by atoms with Gasteiger partial charge >= 0.3 is 5.97 Å². The van der Waals surface area contributed by atoms with E-state index in [0.717, 1.165) is 39.4 Å². The Hall–Kier alpha value is -5.03. The van der Waals surface area contributed by atoms with Crippen LogP contribution in [-0.4, -0.2) is 20.1 Å². The number of nitrogens with zero attached hydrogens (tertiary/aromatic N) is 2. The molecule has 190 valence electrons. The number of fused-ring (bicyclic) bond motifs is 6. The van der Waals surface area contributed by atoms with Gasteiger partial charge in [0.25, 0.3) is 0 Å². The fraction of sp³-hybridized carbons (Fsp3) is 0.0882. The summed E-state index contributed by atoms with van der Waals surface area (Å²) in [6, 6.07) is 40.2. The highest BCUT2D eigenvalue weighted by Crippen LogP contribution is 2.57. The Morgan fingerprint density at radius 1 is 0.538 bits per heavy atom. The first-order chi connectivity index (χ1) is 19.1. The van der Waals surface area contributed by atoms with Crippen molar-refractivity contribution in [3.05, 3.63) is 144 Å². The van der Waals surface area contributed by atoms with Crippen molar-refractivity contribution < 1.29 is 14.3 Å². The number of carbonyl (C=O) groups is 1. The van der Waals surface area contributed by atoms with E-state index in [-0.39, 0.29) is 5.97 Å². The first-order valence-electron chi connectivity index (χ1n) is 12.9. The first kappa shape index (κ1) is 23.1. The zero-order valence-electron chi connectivity index (χ0n) is 21.7. The fourth-order valence-electron chi connectivity index (χ4n) is 5.67. The highest BCUT2D eigenvalue weighted by Gasteiger charge is 2.53. The molecule has 2 aliphatic heterocycles. The minimum absolute atomic E-state index is 0.333. The molecule has 2 aliphatic rings. The maximum Gasteiger partial charge on any atom is 0.340 e. The van der Waals surface area contributed by atoms with Crippen LogP contribution in [0.4, 0.5) is 22.7 Å². The molecule has 2 heterocycles. The Balaban J connectivity index is 1.41. The summed E-state index contributed by atoms with van der Waals surface area (Å²) in [6.07, 6.45) is 0. The number of hydrogen-bond donors (Lipinski definition) is 0. The summed E-state index contributed by atoms with van der Waals surface area (Å²) in [5.74, 6) is 0.985. The Bertz CT molecular complexity index is 1620. The number of rotatable bonds is 4. The van der Waals surface area contributed by atoms with Crippen LogP contribution in [0, 0.1) is 0 Å². The van der Waals surface area contributed by atoms with E-state index in [0.29, 0.717) is 17.1 Å². The van der Waals surface area contributed by atoms with Gasteiger partial charge in [-0.3, -0.25) is 0 Å².